The molecule has 0 saturated heterocycles. The van der Waals surface area contributed by atoms with Crippen LogP contribution in [0, 0.1) is 6.92 Å². The summed E-state index contributed by atoms with van der Waals surface area (Å²) < 4.78 is 5.66. The number of aryl methyl sites for hydroxylation is 1. The van der Waals surface area contributed by atoms with Crippen LogP contribution in [0.5, 0.6) is 11.5 Å². The molecule has 1 amide bonds. The van der Waals surface area contributed by atoms with Crippen molar-refractivity contribution in [3.8, 4) is 11.5 Å². The van der Waals surface area contributed by atoms with E-state index in [1.54, 1.807) is 17.0 Å². The highest BCUT2D eigenvalue weighted by molar-refractivity contribution is 5.97. The van der Waals surface area contributed by atoms with Crippen LogP contribution in [0.4, 0.5) is 0 Å². The molecule has 1 aliphatic heterocycles. The van der Waals surface area contributed by atoms with Crippen LogP contribution in [0.3, 0.4) is 0 Å². The largest absolute Gasteiger partial charge is 0.507 e. The number of carbonyl (C=O) groups excluding carboxylic acids is 1. The Bertz CT molecular complexity index is 681. The van der Waals surface area contributed by atoms with Gasteiger partial charge in [0.05, 0.1) is 12.1 Å². The molecule has 0 fully saturated rings. The highest BCUT2D eigenvalue weighted by Crippen LogP contribution is 2.25. The second-order valence-corrected chi connectivity index (χ2v) is 5.20. The Morgan fingerprint density at radius 3 is 2.86 bits per heavy atom. The molecule has 21 heavy (non-hydrogen) atoms. The minimum absolute atomic E-state index is 0.0263. The lowest BCUT2D eigenvalue weighted by Crippen LogP contribution is -2.32. The van der Waals surface area contributed by atoms with Gasteiger partial charge in [-0.2, -0.15) is 0 Å². The molecule has 4 heteroatoms. The molecule has 0 atom stereocenters. The maximum atomic E-state index is 12.6. The van der Waals surface area contributed by atoms with Gasteiger partial charge in [-0.1, -0.05) is 24.3 Å². The number of fused-ring (bicyclic) bond motifs is 1. The Hall–Kier alpha value is -2.49. The lowest BCUT2D eigenvalue weighted by atomic mass is 10.1. The second-order valence-electron chi connectivity index (χ2n) is 5.20. The van der Waals surface area contributed by atoms with E-state index < -0.39 is 0 Å². The van der Waals surface area contributed by atoms with Crippen LogP contribution in [-0.4, -0.2) is 29.1 Å². The van der Waals surface area contributed by atoms with Crippen LogP contribution in [0.2, 0.25) is 0 Å². The van der Waals surface area contributed by atoms with Gasteiger partial charge in [-0.15, -0.1) is 0 Å². The van der Waals surface area contributed by atoms with E-state index in [0.717, 1.165) is 16.9 Å². The lowest BCUT2D eigenvalue weighted by Gasteiger charge is -2.20. The standard InChI is InChI=1S/C17H17NO3/c1-12-6-7-14(15(19)10-12)17(20)18-8-9-21-16-5-3-2-4-13(16)11-18/h2-7,10,19H,8-9,11H2,1H3. The van der Waals surface area contributed by atoms with Crippen molar-refractivity contribution in [3.63, 3.8) is 0 Å². The van der Waals surface area contributed by atoms with Crippen molar-refractivity contribution in [2.45, 2.75) is 13.5 Å². The van der Waals surface area contributed by atoms with Crippen molar-refractivity contribution in [1.29, 1.82) is 0 Å². The number of rotatable bonds is 1. The van der Waals surface area contributed by atoms with E-state index in [1.165, 1.54) is 0 Å². The number of hydrogen-bond acceptors (Lipinski definition) is 3. The molecule has 0 saturated carbocycles. The third-order valence-electron chi connectivity index (χ3n) is 3.62. The SMILES string of the molecule is Cc1ccc(C(=O)N2CCOc3ccccc3C2)c(O)c1. The fourth-order valence-electron chi connectivity index (χ4n) is 2.49. The van der Waals surface area contributed by atoms with Crippen LogP contribution in [-0.2, 0) is 6.54 Å². The topological polar surface area (TPSA) is 49.8 Å². The lowest BCUT2D eigenvalue weighted by molar-refractivity contribution is 0.0730. The Labute approximate surface area is 123 Å². The summed E-state index contributed by atoms with van der Waals surface area (Å²) in [4.78, 5) is 14.3. The monoisotopic (exact) mass is 283 g/mol. The van der Waals surface area contributed by atoms with Gasteiger partial charge in [0, 0.05) is 12.1 Å². The van der Waals surface area contributed by atoms with Gasteiger partial charge in [0.25, 0.3) is 5.91 Å². The Kier molecular flexibility index (Phi) is 3.52. The van der Waals surface area contributed by atoms with E-state index in [1.807, 2.05) is 37.3 Å². The number of ether oxygens (including phenoxy) is 1. The molecule has 0 spiro atoms. The minimum Gasteiger partial charge on any atom is -0.507 e. The van der Waals surface area contributed by atoms with Crippen molar-refractivity contribution >= 4 is 5.91 Å². The quantitative estimate of drug-likeness (QED) is 0.875. The van der Waals surface area contributed by atoms with E-state index in [-0.39, 0.29) is 11.7 Å². The highest BCUT2D eigenvalue weighted by atomic mass is 16.5. The molecule has 108 valence electrons. The van der Waals surface area contributed by atoms with Crippen molar-refractivity contribution in [3.05, 3.63) is 59.2 Å². The molecule has 0 radical (unpaired) electrons. The van der Waals surface area contributed by atoms with Crippen LogP contribution >= 0.6 is 0 Å². The molecule has 0 aliphatic carbocycles. The number of phenolic OH excluding ortho intramolecular Hbond substituents is 1. The first-order chi connectivity index (χ1) is 10.1. The highest BCUT2D eigenvalue weighted by Gasteiger charge is 2.22. The summed E-state index contributed by atoms with van der Waals surface area (Å²) in [6, 6.07) is 12.8. The van der Waals surface area contributed by atoms with Crippen molar-refractivity contribution in [2.24, 2.45) is 0 Å². The first-order valence-electron chi connectivity index (χ1n) is 6.95. The fourth-order valence-corrected chi connectivity index (χ4v) is 2.49. The molecule has 2 aromatic carbocycles. The molecule has 0 unspecified atom stereocenters. The van der Waals surface area contributed by atoms with Gasteiger partial charge in [-0.3, -0.25) is 4.79 Å². The maximum Gasteiger partial charge on any atom is 0.258 e. The third-order valence-corrected chi connectivity index (χ3v) is 3.62. The number of hydrogen-bond donors (Lipinski definition) is 1. The first kappa shape index (κ1) is 13.5. The zero-order valence-corrected chi connectivity index (χ0v) is 11.9. The average Bonchev–Trinajstić information content (AvgIpc) is 2.68. The average molecular weight is 283 g/mol. The van der Waals surface area contributed by atoms with Crippen molar-refractivity contribution < 1.29 is 14.6 Å². The summed E-state index contributed by atoms with van der Waals surface area (Å²) in [6.45, 7) is 3.32. The van der Waals surface area contributed by atoms with E-state index >= 15 is 0 Å². The molecule has 0 aromatic heterocycles. The van der Waals surface area contributed by atoms with Gasteiger partial charge in [-0.25, -0.2) is 0 Å². The van der Waals surface area contributed by atoms with Gasteiger partial charge in [0.1, 0.15) is 18.1 Å². The molecule has 2 aromatic rings. The second kappa shape index (κ2) is 5.48. The summed E-state index contributed by atoms with van der Waals surface area (Å²) in [5.74, 6) is 0.673. The summed E-state index contributed by atoms with van der Waals surface area (Å²) in [6.07, 6.45) is 0. The summed E-state index contributed by atoms with van der Waals surface area (Å²) in [5.41, 5.74) is 2.24. The predicted octanol–water partition coefficient (Wildman–Crippen LogP) is 2.74. The number of amides is 1. The van der Waals surface area contributed by atoms with E-state index in [2.05, 4.69) is 0 Å². The molecular weight excluding hydrogens is 266 g/mol. The van der Waals surface area contributed by atoms with E-state index in [0.29, 0.717) is 25.3 Å². The zero-order valence-electron chi connectivity index (χ0n) is 11.9. The van der Waals surface area contributed by atoms with Gasteiger partial charge in [0.2, 0.25) is 0 Å². The Morgan fingerprint density at radius 2 is 2.05 bits per heavy atom. The fraction of sp³-hybridized carbons (Fsp3) is 0.235. The molecule has 4 nitrogen and oxygen atoms in total. The van der Waals surface area contributed by atoms with Crippen molar-refractivity contribution in [1.82, 2.24) is 4.90 Å². The van der Waals surface area contributed by atoms with Gasteiger partial charge in [-0.05, 0) is 30.7 Å². The van der Waals surface area contributed by atoms with E-state index in [9.17, 15) is 9.90 Å². The number of benzene rings is 2. The van der Waals surface area contributed by atoms with Gasteiger partial charge in [0.15, 0.2) is 0 Å². The zero-order chi connectivity index (χ0) is 14.8. The third kappa shape index (κ3) is 2.70. The molecule has 1 aliphatic rings. The number of carbonyl (C=O) groups is 1. The Morgan fingerprint density at radius 1 is 1.24 bits per heavy atom. The maximum absolute atomic E-state index is 12.6. The summed E-state index contributed by atoms with van der Waals surface area (Å²) in [7, 11) is 0. The normalized spacial score (nSPS) is 14.0. The summed E-state index contributed by atoms with van der Waals surface area (Å²) in [5, 5.41) is 9.98. The predicted molar refractivity (Wildman–Crippen MR) is 79.5 cm³/mol. The minimum atomic E-state index is -0.173. The number of nitrogens with zero attached hydrogens (tertiary/aromatic N) is 1. The van der Waals surface area contributed by atoms with Crippen LogP contribution in [0.25, 0.3) is 0 Å². The first-order valence-corrected chi connectivity index (χ1v) is 6.95. The van der Waals surface area contributed by atoms with Crippen molar-refractivity contribution in [2.75, 3.05) is 13.2 Å². The van der Waals surface area contributed by atoms with Gasteiger partial charge < -0.3 is 14.7 Å². The van der Waals surface area contributed by atoms with Gasteiger partial charge >= 0.3 is 0 Å². The summed E-state index contributed by atoms with van der Waals surface area (Å²) >= 11 is 0. The smallest absolute Gasteiger partial charge is 0.258 e. The molecule has 0 bridgehead atoms. The number of para-hydroxylation sites is 1. The van der Waals surface area contributed by atoms with Crippen LogP contribution < -0.4 is 4.74 Å². The molecule has 1 N–H and O–H groups in total. The number of aromatic hydroxyl groups is 1. The van der Waals surface area contributed by atoms with E-state index in [4.69, 9.17) is 4.74 Å². The van der Waals surface area contributed by atoms with Crippen LogP contribution in [0.15, 0.2) is 42.5 Å². The Balaban J connectivity index is 1.88. The molecule has 1 heterocycles. The number of phenols is 1. The van der Waals surface area contributed by atoms with Crippen LogP contribution in [0.1, 0.15) is 21.5 Å². The molecular formula is C17H17NO3. The molecule has 3 rings (SSSR count).